The zero-order chi connectivity index (χ0) is 14.4. The Hall–Kier alpha value is -2.34. The zero-order valence-electron chi connectivity index (χ0n) is 11.2. The van der Waals surface area contributed by atoms with E-state index in [1.165, 1.54) is 0 Å². The van der Waals surface area contributed by atoms with Gasteiger partial charge in [-0.05, 0) is 17.7 Å². The predicted octanol–water partition coefficient (Wildman–Crippen LogP) is 1.03. The molecule has 0 aliphatic rings. The van der Waals surface area contributed by atoms with Crippen LogP contribution >= 0.6 is 0 Å². The molecule has 2 rings (SSSR count). The largest absolute Gasteiger partial charge is 0.497 e. The van der Waals surface area contributed by atoms with Gasteiger partial charge in [-0.15, -0.1) is 0 Å². The Morgan fingerprint density at radius 3 is 2.75 bits per heavy atom. The first-order valence-electron chi connectivity index (χ1n) is 6.21. The van der Waals surface area contributed by atoms with Crippen LogP contribution < -0.4 is 10.5 Å². The molecule has 20 heavy (non-hydrogen) atoms. The lowest BCUT2D eigenvalue weighted by Crippen LogP contribution is -2.34. The van der Waals surface area contributed by atoms with Crippen LogP contribution in [0.3, 0.4) is 0 Å². The third-order valence-electron chi connectivity index (χ3n) is 2.84. The molecule has 0 amide bonds. The number of carbonyl (C=O) groups excluding carboxylic acids is 1. The number of ether oxygens (including phenoxy) is 2. The maximum Gasteiger partial charge on any atom is 0.323 e. The Morgan fingerprint density at radius 1 is 1.40 bits per heavy atom. The standard InChI is InChI=1S/C14H17N3O3/c1-19-12-4-2-10(3-5-12)8-20-14(18)13(15)6-11-7-16-9-17-11/h2-5,7,9,13H,6,8,15H2,1H3,(H,16,17). The summed E-state index contributed by atoms with van der Waals surface area (Å²) < 4.78 is 10.2. The molecule has 0 radical (unpaired) electrons. The lowest BCUT2D eigenvalue weighted by Gasteiger charge is -2.11. The van der Waals surface area contributed by atoms with E-state index >= 15 is 0 Å². The molecule has 0 saturated carbocycles. The lowest BCUT2D eigenvalue weighted by atomic mass is 10.2. The van der Waals surface area contributed by atoms with E-state index in [-0.39, 0.29) is 6.61 Å². The van der Waals surface area contributed by atoms with Gasteiger partial charge in [-0.1, -0.05) is 12.1 Å². The van der Waals surface area contributed by atoms with Gasteiger partial charge in [0.1, 0.15) is 18.4 Å². The van der Waals surface area contributed by atoms with Crippen LogP contribution in [0.1, 0.15) is 11.3 Å². The molecule has 0 aliphatic carbocycles. The van der Waals surface area contributed by atoms with Crippen LogP contribution in [0.2, 0.25) is 0 Å². The Bertz CT molecular complexity index is 537. The van der Waals surface area contributed by atoms with Gasteiger partial charge in [0.15, 0.2) is 0 Å². The second-order valence-corrected chi connectivity index (χ2v) is 4.34. The van der Waals surface area contributed by atoms with E-state index < -0.39 is 12.0 Å². The number of imidazole rings is 1. The van der Waals surface area contributed by atoms with E-state index in [1.807, 2.05) is 24.3 Å². The number of esters is 1. The van der Waals surface area contributed by atoms with Crippen LogP contribution in [-0.4, -0.2) is 29.1 Å². The highest BCUT2D eigenvalue weighted by Gasteiger charge is 2.16. The van der Waals surface area contributed by atoms with Crippen molar-refractivity contribution in [1.82, 2.24) is 9.97 Å². The number of nitrogens with one attached hydrogen (secondary N) is 1. The molecular weight excluding hydrogens is 258 g/mol. The van der Waals surface area contributed by atoms with Crippen molar-refractivity contribution in [3.8, 4) is 5.75 Å². The Kier molecular flexibility index (Phi) is 4.73. The van der Waals surface area contributed by atoms with Crippen LogP contribution in [0, 0.1) is 0 Å². The molecule has 1 aromatic heterocycles. The maximum absolute atomic E-state index is 11.8. The summed E-state index contributed by atoms with van der Waals surface area (Å²) in [4.78, 5) is 18.5. The Balaban J connectivity index is 1.81. The van der Waals surface area contributed by atoms with Gasteiger partial charge >= 0.3 is 5.97 Å². The smallest absolute Gasteiger partial charge is 0.323 e. The van der Waals surface area contributed by atoms with Crippen LogP contribution in [0.15, 0.2) is 36.8 Å². The minimum Gasteiger partial charge on any atom is -0.497 e. The number of methoxy groups -OCH3 is 1. The van der Waals surface area contributed by atoms with Gasteiger partial charge in [0.25, 0.3) is 0 Å². The van der Waals surface area contributed by atoms with Crippen LogP contribution in [0.25, 0.3) is 0 Å². The molecule has 3 N–H and O–H groups in total. The highest BCUT2D eigenvalue weighted by Crippen LogP contribution is 2.12. The summed E-state index contributed by atoms with van der Waals surface area (Å²) in [5, 5.41) is 0. The summed E-state index contributed by atoms with van der Waals surface area (Å²) in [6, 6.07) is 6.61. The van der Waals surface area contributed by atoms with Gasteiger partial charge in [-0.25, -0.2) is 4.98 Å². The second-order valence-electron chi connectivity index (χ2n) is 4.34. The highest BCUT2D eigenvalue weighted by molar-refractivity contribution is 5.75. The number of hydrogen-bond acceptors (Lipinski definition) is 5. The molecule has 2 aromatic rings. The van der Waals surface area contributed by atoms with Gasteiger partial charge in [0.05, 0.1) is 13.4 Å². The number of benzene rings is 1. The average molecular weight is 275 g/mol. The molecule has 1 atom stereocenters. The molecule has 106 valence electrons. The molecule has 0 aliphatic heterocycles. The molecule has 0 saturated heterocycles. The maximum atomic E-state index is 11.8. The van der Waals surface area contributed by atoms with Gasteiger partial charge in [0.2, 0.25) is 0 Å². The van der Waals surface area contributed by atoms with Crippen molar-refractivity contribution in [2.45, 2.75) is 19.1 Å². The van der Waals surface area contributed by atoms with Crippen LogP contribution in [0.4, 0.5) is 0 Å². The third kappa shape index (κ3) is 3.83. The van der Waals surface area contributed by atoms with Gasteiger partial charge in [-0.3, -0.25) is 4.79 Å². The molecule has 0 spiro atoms. The number of rotatable bonds is 6. The SMILES string of the molecule is COc1ccc(COC(=O)C(N)Cc2cnc[nH]2)cc1. The van der Waals surface area contributed by atoms with Crippen molar-refractivity contribution in [3.05, 3.63) is 48.0 Å². The molecule has 1 heterocycles. The van der Waals surface area contributed by atoms with Crippen LogP contribution in [-0.2, 0) is 22.6 Å². The number of hydrogen-bond donors (Lipinski definition) is 2. The van der Waals surface area contributed by atoms with E-state index in [2.05, 4.69) is 9.97 Å². The Labute approximate surface area is 116 Å². The third-order valence-corrected chi connectivity index (χ3v) is 2.84. The fourth-order valence-electron chi connectivity index (χ4n) is 1.70. The summed E-state index contributed by atoms with van der Waals surface area (Å²) >= 11 is 0. The molecule has 6 heteroatoms. The normalized spacial score (nSPS) is 11.9. The van der Waals surface area contributed by atoms with Crippen molar-refractivity contribution < 1.29 is 14.3 Å². The van der Waals surface area contributed by atoms with Crippen molar-refractivity contribution in [2.24, 2.45) is 5.73 Å². The minimum absolute atomic E-state index is 0.194. The minimum atomic E-state index is -0.700. The number of aromatic amines is 1. The first-order valence-corrected chi connectivity index (χ1v) is 6.21. The fourth-order valence-corrected chi connectivity index (χ4v) is 1.70. The summed E-state index contributed by atoms with van der Waals surface area (Å²) in [7, 11) is 1.60. The topological polar surface area (TPSA) is 90.2 Å². The van der Waals surface area contributed by atoms with E-state index in [0.717, 1.165) is 17.0 Å². The van der Waals surface area contributed by atoms with E-state index in [1.54, 1.807) is 19.6 Å². The summed E-state index contributed by atoms with van der Waals surface area (Å²) in [5.41, 5.74) is 7.46. The predicted molar refractivity (Wildman–Crippen MR) is 73.1 cm³/mol. The highest BCUT2D eigenvalue weighted by atomic mass is 16.5. The van der Waals surface area contributed by atoms with Crippen molar-refractivity contribution in [1.29, 1.82) is 0 Å². The van der Waals surface area contributed by atoms with Crippen molar-refractivity contribution >= 4 is 5.97 Å². The fraction of sp³-hybridized carbons (Fsp3) is 0.286. The van der Waals surface area contributed by atoms with Gasteiger partial charge in [0, 0.05) is 18.3 Å². The second kappa shape index (κ2) is 6.72. The van der Waals surface area contributed by atoms with Gasteiger partial charge < -0.3 is 20.2 Å². The molecule has 1 aromatic carbocycles. The summed E-state index contributed by atoms with van der Waals surface area (Å²) in [6.07, 6.45) is 3.56. The summed E-state index contributed by atoms with van der Waals surface area (Å²) in [5.74, 6) is 0.325. The van der Waals surface area contributed by atoms with E-state index in [9.17, 15) is 4.79 Å². The van der Waals surface area contributed by atoms with Gasteiger partial charge in [-0.2, -0.15) is 0 Å². The van der Waals surface area contributed by atoms with Crippen LogP contribution in [0.5, 0.6) is 5.75 Å². The quantitative estimate of drug-likeness (QED) is 0.768. The molecule has 1 unspecified atom stereocenters. The Morgan fingerprint density at radius 2 is 2.15 bits per heavy atom. The average Bonchev–Trinajstić information content (AvgIpc) is 2.98. The van der Waals surface area contributed by atoms with E-state index in [4.69, 9.17) is 15.2 Å². The lowest BCUT2D eigenvalue weighted by molar-refractivity contribution is -0.146. The number of nitrogens with zero attached hydrogens (tertiary/aromatic N) is 1. The summed E-state index contributed by atoms with van der Waals surface area (Å²) in [6.45, 7) is 0.194. The molecule has 0 fully saturated rings. The number of carbonyl (C=O) groups is 1. The van der Waals surface area contributed by atoms with Crippen molar-refractivity contribution in [2.75, 3.05) is 7.11 Å². The zero-order valence-corrected chi connectivity index (χ0v) is 11.2. The molecular formula is C14H17N3O3. The first kappa shape index (κ1) is 14.1. The number of H-pyrrole nitrogens is 1. The van der Waals surface area contributed by atoms with Crippen molar-refractivity contribution in [3.63, 3.8) is 0 Å². The molecule has 0 bridgehead atoms. The first-order chi connectivity index (χ1) is 9.69. The van der Waals surface area contributed by atoms with E-state index in [0.29, 0.717) is 6.42 Å². The monoisotopic (exact) mass is 275 g/mol. The molecule has 6 nitrogen and oxygen atoms in total. The number of nitrogens with two attached hydrogens (primary N) is 1. The number of aromatic nitrogens is 2.